The van der Waals surface area contributed by atoms with Crippen LogP contribution >= 0.6 is 0 Å². The molecule has 0 bridgehead atoms. The minimum atomic E-state index is -0.157. The van der Waals surface area contributed by atoms with Crippen molar-refractivity contribution in [2.75, 3.05) is 33.4 Å². The maximum Gasteiger partial charge on any atom is 0.305 e. The zero-order valence-corrected chi connectivity index (χ0v) is 25.5. The van der Waals surface area contributed by atoms with Crippen molar-refractivity contribution in [2.45, 2.75) is 78.6 Å². The number of hydrogen-bond acceptors (Lipinski definition) is 8. The van der Waals surface area contributed by atoms with Crippen LogP contribution in [-0.2, 0) is 16.1 Å². The van der Waals surface area contributed by atoms with Gasteiger partial charge in [0.2, 0.25) is 0 Å². The second kappa shape index (κ2) is 14.5. The highest BCUT2D eigenvalue weighted by molar-refractivity contribution is 5.69. The predicted molar refractivity (Wildman–Crippen MR) is 161 cm³/mol. The van der Waals surface area contributed by atoms with Gasteiger partial charge >= 0.3 is 5.97 Å². The van der Waals surface area contributed by atoms with Gasteiger partial charge in [-0.3, -0.25) is 14.6 Å². The minimum absolute atomic E-state index is 0.0941. The molecule has 9 heteroatoms. The number of rotatable bonds is 13. The monoisotopic (exact) mass is 562 g/mol. The molecule has 0 aliphatic carbocycles. The Hall–Kier alpha value is -3.30. The lowest BCUT2D eigenvalue weighted by Gasteiger charge is -2.48. The molecule has 0 saturated carbocycles. The van der Waals surface area contributed by atoms with Crippen LogP contribution in [0, 0.1) is 5.92 Å². The average molecular weight is 563 g/mol. The Morgan fingerprint density at radius 1 is 1.02 bits per heavy atom. The van der Waals surface area contributed by atoms with Crippen LogP contribution in [0.25, 0.3) is 11.4 Å². The maximum absolute atomic E-state index is 11.6. The molecule has 1 aliphatic rings. The number of carbonyl (C=O) groups excluding carboxylic acids is 1. The zero-order chi connectivity index (χ0) is 29.4. The summed E-state index contributed by atoms with van der Waals surface area (Å²) < 4.78 is 12.4. The molecular formula is C32H46N6O3. The number of carbonyl (C=O) groups is 1. The largest absolute Gasteiger partial charge is 0.497 e. The molecule has 4 rings (SSSR count). The van der Waals surface area contributed by atoms with Gasteiger partial charge in [0.15, 0.2) is 5.82 Å². The van der Waals surface area contributed by atoms with Crippen molar-refractivity contribution >= 4 is 5.97 Å². The molecule has 1 saturated heterocycles. The summed E-state index contributed by atoms with van der Waals surface area (Å²) in [6, 6.07) is 18.0. The van der Waals surface area contributed by atoms with Crippen molar-refractivity contribution in [1.29, 1.82) is 0 Å². The first kappa shape index (κ1) is 30.7. The van der Waals surface area contributed by atoms with Gasteiger partial charge in [-0.15, -0.1) is 5.10 Å². The fraction of sp³-hybridized carbons (Fsp3) is 0.562. The van der Waals surface area contributed by atoms with E-state index in [1.807, 2.05) is 17.7 Å². The number of benzene rings is 2. The predicted octanol–water partition coefficient (Wildman–Crippen LogP) is 5.22. The van der Waals surface area contributed by atoms with Crippen LogP contribution in [0.15, 0.2) is 48.5 Å². The molecule has 2 aromatic carbocycles. The molecule has 0 radical (unpaired) electrons. The molecule has 9 nitrogen and oxygen atoms in total. The SMILES string of the molecule is CCOC(=O)CCCCn1nnnc1-c1ccc([C@H](c2cccc(OC)c2)N2C[C@@H](C)N(CC(C)C)C[C@@H]2C)cc1. The molecule has 222 valence electrons. The average Bonchev–Trinajstić information content (AvgIpc) is 3.43. The molecule has 2 heterocycles. The third-order valence-corrected chi connectivity index (χ3v) is 7.83. The standard InChI is InChI=1S/C32H46N6O3/c1-7-41-30(39)13-8-9-18-38-32(33-34-35-38)27-16-14-26(15-17-27)31(28-11-10-12-29(19-28)40-6)37-22-24(4)36(20-23(2)3)21-25(37)5/h10-12,14-17,19,23-25,31H,7-9,13,18,20-22H2,1-6H3/t24-,25+,31-/m1/s1. The van der Waals surface area contributed by atoms with Gasteiger partial charge in [0.25, 0.3) is 0 Å². The van der Waals surface area contributed by atoms with Crippen LogP contribution in [0.4, 0.5) is 0 Å². The number of hydrogen-bond donors (Lipinski definition) is 0. The van der Waals surface area contributed by atoms with Crippen molar-refractivity contribution in [3.63, 3.8) is 0 Å². The number of unbranched alkanes of at least 4 members (excludes halogenated alkanes) is 1. The molecule has 1 aliphatic heterocycles. The summed E-state index contributed by atoms with van der Waals surface area (Å²) >= 11 is 0. The molecule has 0 unspecified atom stereocenters. The van der Waals surface area contributed by atoms with Crippen LogP contribution in [-0.4, -0.2) is 81.4 Å². The van der Waals surface area contributed by atoms with Gasteiger partial charge in [0, 0.05) is 50.2 Å². The fourth-order valence-corrected chi connectivity index (χ4v) is 5.84. The summed E-state index contributed by atoms with van der Waals surface area (Å²) in [5.74, 6) is 2.09. The Balaban J connectivity index is 1.55. The summed E-state index contributed by atoms with van der Waals surface area (Å²) in [6.07, 6.45) is 1.94. The summed E-state index contributed by atoms with van der Waals surface area (Å²) in [5.41, 5.74) is 3.42. The first-order valence-corrected chi connectivity index (χ1v) is 15.0. The van der Waals surface area contributed by atoms with Crippen molar-refractivity contribution in [1.82, 2.24) is 30.0 Å². The van der Waals surface area contributed by atoms with E-state index in [4.69, 9.17) is 9.47 Å². The van der Waals surface area contributed by atoms with E-state index in [9.17, 15) is 4.79 Å². The third-order valence-electron chi connectivity index (χ3n) is 7.83. The third kappa shape index (κ3) is 7.92. The summed E-state index contributed by atoms with van der Waals surface area (Å²) in [7, 11) is 1.72. The van der Waals surface area contributed by atoms with Crippen molar-refractivity contribution in [3.05, 3.63) is 59.7 Å². The molecule has 0 spiro atoms. The van der Waals surface area contributed by atoms with E-state index >= 15 is 0 Å². The quantitative estimate of drug-likeness (QED) is 0.207. The molecule has 0 amide bonds. The molecule has 1 fully saturated rings. The maximum atomic E-state index is 11.6. The molecule has 3 aromatic rings. The fourth-order valence-electron chi connectivity index (χ4n) is 5.84. The Bertz CT molecular complexity index is 1240. The van der Waals surface area contributed by atoms with Crippen LogP contribution in [0.3, 0.4) is 0 Å². The molecule has 3 atom stereocenters. The van der Waals surface area contributed by atoms with E-state index < -0.39 is 0 Å². The number of aromatic nitrogens is 4. The van der Waals surface area contributed by atoms with E-state index in [0.29, 0.717) is 37.6 Å². The van der Waals surface area contributed by atoms with E-state index in [2.05, 4.69) is 95.5 Å². The smallest absolute Gasteiger partial charge is 0.305 e. The van der Waals surface area contributed by atoms with Gasteiger partial charge in [-0.1, -0.05) is 50.2 Å². The highest BCUT2D eigenvalue weighted by atomic mass is 16.5. The summed E-state index contributed by atoms with van der Waals surface area (Å²) in [5, 5.41) is 12.4. The van der Waals surface area contributed by atoms with Gasteiger partial charge in [-0.05, 0) is 73.2 Å². The normalized spacial score (nSPS) is 18.9. The number of piperazine rings is 1. The van der Waals surface area contributed by atoms with E-state index in [1.165, 1.54) is 11.1 Å². The van der Waals surface area contributed by atoms with Gasteiger partial charge in [0.1, 0.15) is 5.75 Å². The van der Waals surface area contributed by atoms with Crippen molar-refractivity contribution < 1.29 is 14.3 Å². The molecule has 41 heavy (non-hydrogen) atoms. The highest BCUT2D eigenvalue weighted by Gasteiger charge is 2.35. The number of methoxy groups -OCH3 is 1. The van der Waals surface area contributed by atoms with E-state index in [0.717, 1.165) is 49.6 Å². The van der Waals surface area contributed by atoms with Crippen molar-refractivity contribution in [3.8, 4) is 17.1 Å². The van der Waals surface area contributed by atoms with Crippen LogP contribution in [0.2, 0.25) is 0 Å². The molecule has 1 aromatic heterocycles. The molecular weight excluding hydrogens is 516 g/mol. The molecule has 0 N–H and O–H groups in total. The lowest BCUT2D eigenvalue weighted by atomic mass is 9.92. The second-order valence-electron chi connectivity index (χ2n) is 11.5. The number of aryl methyl sites for hydroxylation is 1. The Morgan fingerprint density at radius 3 is 2.51 bits per heavy atom. The van der Waals surface area contributed by atoms with Gasteiger partial charge in [0.05, 0.1) is 19.8 Å². The zero-order valence-electron chi connectivity index (χ0n) is 25.5. The summed E-state index contributed by atoms with van der Waals surface area (Å²) in [4.78, 5) is 16.9. The summed E-state index contributed by atoms with van der Waals surface area (Å²) in [6.45, 7) is 15.3. The van der Waals surface area contributed by atoms with Gasteiger partial charge in [-0.25, -0.2) is 4.68 Å². The lowest BCUT2D eigenvalue weighted by molar-refractivity contribution is -0.143. The minimum Gasteiger partial charge on any atom is -0.497 e. The van der Waals surface area contributed by atoms with Gasteiger partial charge < -0.3 is 9.47 Å². The Labute approximate surface area is 244 Å². The van der Waals surface area contributed by atoms with Gasteiger partial charge in [-0.2, -0.15) is 0 Å². The Kier molecular flexibility index (Phi) is 10.9. The van der Waals surface area contributed by atoms with Crippen LogP contribution in [0.5, 0.6) is 5.75 Å². The number of ether oxygens (including phenoxy) is 2. The van der Waals surface area contributed by atoms with Crippen molar-refractivity contribution in [2.24, 2.45) is 5.92 Å². The Morgan fingerprint density at radius 2 is 1.80 bits per heavy atom. The van der Waals surface area contributed by atoms with Crippen LogP contribution < -0.4 is 4.74 Å². The van der Waals surface area contributed by atoms with E-state index in [1.54, 1.807) is 7.11 Å². The number of nitrogens with zero attached hydrogens (tertiary/aromatic N) is 6. The first-order chi connectivity index (χ1) is 19.8. The number of esters is 1. The first-order valence-electron chi connectivity index (χ1n) is 15.0. The van der Waals surface area contributed by atoms with Crippen LogP contribution in [0.1, 0.15) is 71.0 Å². The number of tetrazole rings is 1. The topological polar surface area (TPSA) is 85.6 Å². The van der Waals surface area contributed by atoms with E-state index in [-0.39, 0.29) is 12.0 Å². The highest BCUT2D eigenvalue weighted by Crippen LogP contribution is 2.35. The lowest BCUT2D eigenvalue weighted by Crippen LogP contribution is -2.57. The second-order valence-corrected chi connectivity index (χ2v) is 11.5.